The average Bonchev–Trinajstić information content (AvgIpc) is 2.44. The number of alkyl halides is 3. The summed E-state index contributed by atoms with van der Waals surface area (Å²) in [6.07, 6.45) is -3.87. The second-order valence-corrected chi connectivity index (χ2v) is 5.06. The average molecular weight is 302 g/mol. The minimum absolute atomic E-state index is 0.0265. The van der Waals surface area contributed by atoms with E-state index in [-0.39, 0.29) is 12.1 Å². The van der Waals surface area contributed by atoms with Gasteiger partial charge in [0.25, 0.3) is 5.91 Å². The third-order valence-corrected chi connectivity index (χ3v) is 3.53. The fourth-order valence-corrected chi connectivity index (χ4v) is 2.43. The molecule has 1 aliphatic rings. The van der Waals surface area contributed by atoms with Gasteiger partial charge in [0.05, 0.1) is 17.2 Å². The van der Waals surface area contributed by atoms with Crippen LogP contribution < -0.4 is 5.32 Å². The number of piperidine rings is 1. The van der Waals surface area contributed by atoms with Gasteiger partial charge in [0, 0.05) is 25.8 Å². The van der Waals surface area contributed by atoms with E-state index in [0.717, 1.165) is 12.1 Å². The Kier molecular flexibility index (Phi) is 4.41. The first-order valence-electron chi connectivity index (χ1n) is 6.69. The zero-order valence-electron chi connectivity index (χ0n) is 11.6. The second kappa shape index (κ2) is 5.93. The molecule has 7 heteroatoms. The van der Waals surface area contributed by atoms with Crippen LogP contribution in [0.1, 0.15) is 28.8 Å². The van der Waals surface area contributed by atoms with Crippen LogP contribution in [0.15, 0.2) is 18.2 Å². The minimum atomic E-state index is -4.50. The maximum atomic E-state index is 12.8. The zero-order valence-corrected chi connectivity index (χ0v) is 11.6. The third-order valence-electron chi connectivity index (χ3n) is 3.53. The molecule has 116 valence electrons. The van der Waals surface area contributed by atoms with E-state index in [4.69, 9.17) is 0 Å². The van der Waals surface area contributed by atoms with Gasteiger partial charge in [-0.05, 0) is 31.0 Å². The van der Waals surface area contributed by atoms with Crippen LogP contribution in [0.3, 0.4) is 0 Å². The number of aliphatic hydroxyl groups is 1. The van der Waals surface area contributed by atoms with E-state index in [1.54, 1.807) is 7.05 Å². The number of carbonyl (C=O) groups is 1. The summed E-state index contributed by atoms with van der Waals surface area (Å²) >= 11 is 0. The van der Waals surface area contributed by atoms with Crippen molar-refractivity contribution in [3.8, 4) is 0 Å². The van der Waals surface area contributed by atoms with Gasteiger partial charge in [0.1, 0.15) is 0 Å². The third kappa shape index (κ3) is 3.47. The molecule has 1 aromatic rings. The van der Waals surface area contributed by atoms with Crippen LogP contribution in [0.5, 0.6) is 0 Å². The first-order valence-corrected chi connectivity index (χ1v) is 6.69. The Labute approximate surface area is 120 Å². The molecule has 0 saturated carbocycles. The van der Waals surface area contributed by atoms with Crippen molar-refractivity contribution in [2.45, 2.75) is 25.1 Å². The van der Waals surface area contributed by atoms with E-state index >= 15 is 0 Å². The predicted molar refractivity (Wildman–Crippen MR) is 72.1 cm³/mol. The topological polar surface area (TPSA) is 52.6 Å². The smallest absolute Gasteiger partial charge is 0.391 e. The largest absolute Gasteiger partial charge is 0.416 e. The van der Waals surface area contributed by atoms with Crippen molar-refractivity contribution < 1.29 is 23.1 Å². The van der Waals surface area contributed by atoms with Crippen LogP contribution in [-0.2, 0) is 6.18 Å². The highest BCUT2D eigenvalue weighted by atomic mass is 19.4. The second-order valence-electron chi connectivity index (χ2n) is 5.06. The Hall–Kier alpha value is -1.76. The molecule has 0 radical (unpaired) electrons. The maximum absolute atomic E-state index is 12.8. The summed E-state index contributed by atoms with van der Waals surface area (Å²) in [5.74, 6) is -0.496. The monoisotopic (exact) mass is 302 g/mol. The van der Waals surface area contributed by atoms with E-state index in [0.29, 0.717) is 25.1 Å². The first kappa shape index (κ1) is 15.6. The Balaban J connectivity index is 2.34. The van der Waals surface area contributed by atoms with E-state index in [2.05, 4.69) is 5.32 Å². The van der Waals surface area contributed by atoms with Crippen LogP contribution in [-0.4, -0.2) is 42.2 Å². The number of nitrogens with one attached hydrogen (secondary N) is 1. The lowest BCUT2D eigenvalue weighted by Crippen LogP contribution is -2.42. The zero-order chi connectivity index (χ0) is 15.6. The summed E-state index contributed by atoms with van der Waals surface area (Å²) in [4.78, 5) is 13.8. The molecule has 1 amide bonds. The summed E-state index contributed by atoms with van der Waals surface area (Å²) in [5, 5.41) is 12.3. The molecular formula is C14H17F3N2O2. The number of carbonyl (C=O) groups excluding carboxylic acids is 1. The molecule has 0 aromatic heterocycles. The molecule has 2 rings (SSSR count). The number of aliphatic hydroxyl groups excluding tert-OH is 1. The van der Waals surface area contributed by atoms with E-state index < -0.39 is 23.8 Å². The van der Waals surface area contributed by atoms with Gasteiger partial charge >= 0.3 is 6.18 Å². The number of nitrogens with zero attached hydrogens (tertiary/aromatic N) is 1. The molecule has 21 heavy (non-hydrogen) atoms. The van der Waals surface area contributed by atoms with Crippen molar-refractivity contribution in [2.24, 2.45) is 0 Å². The summed E-state index contributed by atoms with van der Waals surface area (Å²) in [5.41, 5.74) is -0.545. The Morgan fingerprint density at radius 2 is 2.14 bits per heavy atom. The lowest BCUT2D eigenvalue weighted by atomic mass is 10.0. The molecule has 0 spiro atoms. The van der Waals surface area contributed by atoms with E-state index in [9.17, 15) is 23.1 Å². The molecule has 1 atom stereocenters. The van der Waals surface area contributed by atoms with Gasteiger partial charge in [-0.1, -0.05) is 0 Å². The van der Waals surface area contributed by atoms with Gasteiger partial charge in [0.15, 0.2) is 0 Å². The number of halogens is 3. The van der Waals surface area contributed by atoms with Gasteiger partial charge in [-0.15, -0.1) is 0 Å². The van der Waals surface area contributed by atoms with Crippen molar-refractivity contribution in [1.29, 1.82) is 0 Å². The number of hydrogen-bond donors (Lipinski definition) is 2. The van der Waals surface area contributed by atoms with Crippen LogP contribution in [0.2, 0.25) is 0 Å². The minimum Gasteiger partial charge on any atom is -0.391 e. The highest BCUT2D eigenvalue weighted by molar-refractivity contribution is 6.00. The van der Waals surface area contributed by atoms with E-state index in [1.807, 2.05) is 0 Å². The molecule has 0 bridgehead atoms. The number of likely N-dealkylation sites (tertiary alicyclic amines) is 1. The molecule has 2 N–H and O–H groups in total. The van der Waals surface area contributed by atoms with Gasteiger partial charge in [-0.25, -0.2) is 0 Å². The Morgan fingerprint density at radius 3 is 2.71 bits per heavy atom. The molecule has 1 heterocycles. The van der Waals surface area contributed by atoms with Crippen LogP contribution in [0.25, 0.3) is 0 Å². The Bertz CT molecular complexity index is 531. The summed E-state index contributed by atoms with van der Waals surface area (Å²) in [7, 11) is 1.55. The van der Waals surface area contributed by atoms with Gasteiger partial charge < -0.3 is 15.3 Å². The first-order chi connectivity index (χ1) is 9.82. The molecule has 4 nitrogen and oxygen atoms in total. The van der Waals surface area contributed by atoms with Crippen molar-refractivity contribution in [3.05, 3.63) is 29.3 Å². The molecule has 1 saturated heterocycles. The molecular weight excluding hydrogens is 285 g/mol. The maximum Gasteiger partial charge on any atom is 0.416 e. The summed E-state index contributed by atoms with van der Waals surface area (Å²) < 4.78 is 38.4. The highest BCUT2D eigenvalue weighted by Crippen LogP contribution is 2.32. The van der Waals surface area contributed by atoms with E-state index in [1.165, 1.54) is 11.0 Å². The normalized spacial score (nSPS) is 19.5. The molecule has 1 aromatic carbocycles. The SMILES string of the molecule is CNc1ccc(C(F)(F)F)cc1C(=O)N1CCCC(O)C1. The molecule has 1 unspecified atom stereocenters. The standard InChI is InChI=1S/C14H17F3N2O2/c1-18-12-5-4-9(14(15,16)17)7-11(12)13(21)19-6-2-3-10(20)8-19/h4-5,7,10,18,20H,2-3,6,8H2,1H3. The number of rotatable bonds is 2. The van der Waals surface area contributed by atoms with Crippen molar-refractivity contribution >= 4 is 11.6 Å². The summed E-state index contributed by atoms with van der Waals surface area (Å²) in [6, 6.07) is 3.04. The quantitative estimate of drug-likeness (QED) is 0.881. The molecule has 1 aliphatic heterocycles. The van der Waals surface area contributed by atoms with Crippen molar-refractivity contribution in [1.82, 2.24) is 4.90 Å². The van der Waals surface area contributed by atoms with Gasteiger partial charge in [-0.2, -0.15) is 13.2 Å². The number of β-amino-alcohol motifs (C(OH)–C–C–N with tert-alkyl or cyclic N) is 1. The number of anilines is 1. The van der Waals surface area contributed by atoms with Crippen molar-refractivity contribution in [2.75, 3.05) is 25.5 Å². The molecule has 1 fully saturated rings. The predicted octanol–water partition coefficient (Wildman–Crippen LogP) is 2.34. The summed E-state index contributed by atoms with van der Waals surface area (Å²) in [6.45, 7) is 0.591. The Morgan fingerprint density at radius 1 is 1.43 bits per heavy atom. The fraction of sp³-hybridized carbons (Fsp3) is 0.500. The number of hydrogen-bond acceptors (Lipinski definition) is 3. The fourth-order valence-electron chi connectivity index (χ4n) is 2.43. The lowest BCUT2D eigenvalue weighted by Gasteiger charge is -2.30. The van der Waals surface area contributed by atoms with Crippen LogP contribution in [0, 0.1) is 0 Å². The number of amides is 1. The highest BCUT2D eigenvalue weighted by Gasteiger charge is 2.33. The lowest BCUT2D eigenvalue weighted by molar-refractivity contribution is -0.137. The van der Waals surface area contributed by atoms with Crippen molar-refractivity contribution in [3.63, 3.8) is 0 Å². The number of benzene rings is 1. The molecule has 0 aliphatic carbocycles. The van der Waals surface area contributed by atoms with Gasteiger partial charge in [-0.3, -0.25) is 4.79 Å². The van der Waals surface area contributed by atoms with Crippen LogP contribution in [0.4, 0.5) is 18.9 Å². The van der Waals surface area contributed by atoms with Gasteiger partial charge in [0.2, 0.25) is 0 Å². The van der Waals surface area contributed by atoms with Crippen LogP contribution >= 0.6 is 0 Å².